The van der Waals surface area contributed by atoms with E-state index < -0.39 is 0 Å². The fraction of sp³-hybridized carbons (Fsp3) is 0.600. The molecule has 0 heterocycles. The second kappa shape index (κ2) is 13.1. The molecule has 0 radical (unpaired) electrons. The number of benzene rings is 1. The summed E-state index contributed by atoms with van der Waals surface area (Å²) in [6.07, 6.45) is 4.42. The van der Waals surface area contributed by atoms with Crippen LogP contribution in [0.25, 0.3) is 0 Å². The third kappa shape index (κ3) is 8.19. The molecule has 0 aliphatic rings. The molecule has 1 aromatic rings. The Morgan fingerprint density at radius 2 is 1.74 bits per heavy atom. The Labute approximate surface area is 143 Å². The quantitative estimate of drug-likeness (QED) is 0.596. The van der Waals surface area contributed by atoms with Crippen molar-refractivity contribution in [1.82, 2.24) is 5.32 Å². The first-order valence-corrected chi connectivity index (χ1v) is 8.82. The van der Waals surface area contributed by atoms with E-state index >= 15 is 0 Å². The predicted molar refractivity (Wildman–Crippen MR) is 101 cm³/mol. The van der Waals surface area contributed by atoms with Crippen LogP contribution in [0.5, 0.6) is 0 Å². The molecule has 0 saturated heterocycles. The summed E-state index contributed by atoms with van der Waals surface area (Å²) in [5.74, 6) is 0.698. The molecule has 4 N–H and O–H groups in total. The van der Waals surface area contributed by atoms with Gasteiger partial charge in [0.2, 0.25) is 0 Å². The summed E-state index contributed by atoms with van der Waals surface area (Å²) in [5.41, 5.74) is 5.63. The molecule has 0 bridgehead atoms. The van der Waals surface area contributed by atoms with Crippen molar-refractivity contribution in [1.29, 1.82) is 0 Å². The summed E-state index contributed by atoms with van der Waals surface area (Å²) in [7, 11) is 0. The number of rotatable bonds is 9. The summed E-state index contributed by atoms with van der Waals surface area (Å²) in [5, 5.41) is 14.2. The van der Waals surface area contributed by atoms with Gasteiger partial charge < -0.3 is 16.2 Å². The van der Waals surface area contributed by atoms with Gasteiger partial charge in [-0.3, -0.25) is 0 Å². The van der Waals surface area contributed by atoms with Crippen molar-refractivity contribution in [2.45, 2.75) is 59.1 Å². The van der Waals surface area contributed by atoms with Gasteiger partial charge in [-0.15, -0.1) is 0 Å². The molecule has 0 aliphatic carbocycles. The highest BCUT2D eigenvalue weighted by molar-refractivity contribution is 5.18. The molecular formula is C20H36N2O. The summed E-state index contributed by atoms with van der Waals surface area (Å²) in [6, 6.07) is 10.5. The smallest absolute Gasteiger partial charge is 0.0818 e. The van der Waals surface area contributed by atoms with E-state index in [1.54, 1.807) is 0 Å². The lowest BCUT2D eigenvalue weighted by Gasteiger charge is -2.32. The van der Waals surface area contributed by atoms with Gasteiger partial charge in [-0.25, -0.2) is 0 Å². The van der Waals surface area contributed by atoms with E-state index in [4.69, 9.17) is 0 Å². The van der Waals surface area contributed by atoms with Crippen LogP contribution in [0, 0.1) is 11.8 Å². The van der Waals surface area contributed by atoms with E-state index in [-0.39, 0.29) is 12.0 Å². The Balaban J connectivity index is 0.00000149. The van der Waals surface area contributed by atoms with Crippen LogP contribution < -0.4 is 11.1 Å². The fourth-order valence-electron chi connectivity index (χ4n) is 2.77. The minimum atomic E-state index is -0.381. The third-order valence-corrected chi connectivity index (χ3v) is 4.48. The lowest BCUT2D eigenvalue weighted by atomic mass is 9.81. The summed E-state index contributed by atoms with van der Waals surface area (Å²) >= 11 is 0. The molecule has 4 atom stereocenters. The van der Waals surface area contributed by atoms with Gasteiger partial charge in [-0.2, -0.15) is 0 Å². The molecule has 132 valence electrons. The maximum atomic E-state index is 10.5. The molecule has 3 heteroatoms. The normalized spacial score (nSPS) is 15.7. The molecule has 3 nitrogen and oxygen atoms in total. The molecule has 23 heavy (non-hydrogen) atoms. The monoisotopic (exact) mass is 320 g/mol. The van der Waals surface area contributed by atoms with Crippen molar-refractivity contribution in [3.8, 4) is 0 Å². The first-order chi connectivity index (χ1) is 11.0. The number of aliphatic hydroxyl groups excluding tert-OH is 1. The Hall–Kier alpha value is -1.32. The predicted octanol–water partition coefficient (Wildman–Crippen LogP) is 4.25. The highest BCUT2D eigenvalue weighted by Crippen LogP contribution is 2.30. The first kappa shape index (κ1) is 21.7. The van der Waals surface area contributed by atoms with Crippen molar-refractivity contribution in [2.75, 3.05) is 6.54 Å². The molecule has 1 rings (SSSR count). The topological polar surface area (TPSA) is 58.3 Å². The minimum Gasteiger partial charge on any atom is -0.405 e. The first-order valence-electron chi connectivity index (χ1n) is 8.82. The highest BCUT2D eigenvalue weighted by Gasteiger charge is 2.27. The van der Waals surface area contributed by atoms with Crippen molar-refractivity contribution in [3.63, 3.8) is 0 Å². The van der Waals surface area contributed by atoms with E-state index in [2.05, 4.69) is 45.3 Å². The molecule has 0 saturated carbocycles. The van der Waals surface area contributed by atoms with Gasteiger partial charge in [0.25, 0.3) is 0 Å². The zero-order chi connectivity index (χ0) is 17.7. The Bertz CT molecular complexity index is 394. The van der Waals surface area contributed by atoms with E-state index in [0.29, 0.717) is 12.0 Å². The maximum Gasteiger partial charge on any atom is 0.0818 e. The van der Waals surface area contributed by atoms with Crippen molar-refractivity contribution in [2.24, 2.45) is 17.6 Å². The zero-order valence-electron chi connectivity index (χ0n) is 15.3. The lowest BCUT2D eigenvalue weighted by Crippen LogP contribution is -2.39. The Morgan fingerprint density at radius 1 is 1.17 bits per heavy atom. The van der Waals surface area contributed by atoms with E-state index in [9.17, 15) is 5.11 Å². The van der Waals surface area contributed by atoms with Crippen LogP contribution in [0.15, 0.2) is 43.1 Å². The van der Waals surface area contributed by atoms with Crippen LogP contribution in [0.2, 0.25) is 0 Å². The van der Waals surface area contributed by atoms with Crippen LogP contribution in [-0.2, 0) is 0 Å². The van der Waals surface area contributed by atoms with Gasteiger partial charge in [-0.05, 0) is 43.0 Å². The SMILES string of the molecule is C=CN.CCCCNC(CC)C(C)C(C)C(O)c1ccccc1. The molecular weight excluding hydrogens is 284 g/mol. The molecule has 1 aromatic carbocycles. The number of hydrogen-bond donors (Lipinski definition) is 3. The summed E-state index contributed by atoms with van der Waals surface area (Å²) in [6.45, 7) is 13.1. The van der Waals surface area contributed by atoms with Crippen molar-refractivity contribution in [3.05, 3.63) is 48.7 Å². The van der Waals surface area contributed by atoms with E-state index in [1.165, 1.54) is 19.0 Å². The Morgan fingerprint density at radius 3 is 2.22 bits per heavy atom. The van der Waals surface area contributed by atoms with Gasteiger partial charge in [0.1, 0.15) is 0 Å². The third-order valence-electron chi connectivity index (χ3n) is 4.48. The van der Waals surface area contributed by atoms with Crippen molar-refractivity contribution < 1.29 is 5.11 Å². The van der Waals surface area contributed by atoms with Gasteiger partial charge in [0.05, 0.1) is 6.10 Å². The second-order valence-electron chi connectivity index (χ2n) is 6.13. The summed E-state index contributed by atoms with van der Waals surface area (Å²) in [4.78, 5) is 0. The average molecular weight is 321 g/mol. The number of hydrogen-bond acceptors (Lipinski definition) is 3. The standard InChI is InChI=1S/C18H31NO.C2H5N/c1-5-7-13-19-17(6-2)14(3)15(4)18(20)16-11-9-8-10-12-16;1-2-3/h8-12,14-15,17-20H,5-7,13H2,1-4H3;2H,1,3H2. The average Bonchev–Trinajstić information content (AvgIpc) is 2.58. The number of nitrogens with two attached hydrogens (primary N) is 1. The highest BCUT2D eigenvalue weighted by atomic mass is 16.3. The lowest BCUT2D eigenvalue weighted by molar-refractivity contribution is 0.0733. The van der Waals surface area contributed by atoms with Crippen LogP contribution in [-0.4, -0.2) is 17.7 Å². The molecule has 0 aromatic heterocycles. The van der Waals surface area contributed by atoms with Gasteiger partial charge in [0.15, 0.2) is 0 Å². The van der Waals surface area contributed by atoms with Crippen LogP contribution in [0.1, 0.15) is 58.6 Å². The molecule has 0 amide bonds. The van der Waals surface area contributed by atoms with Crippen molar-refractivity contribution >= 4 is 0 Å². The van der Waals surface area contributed by atoms with Crippen LogP contribution >= 0.6 is 0 Å². The van der Waals surface area contributed by atoms with Gasteiger partial charge in [-0.1, -0.05) is 71.0 Å². The Kier molecular flexibility index (Phi) is 12.4. The molecule has 4 unspecified atom stereocenters. The molecule has 0 fully saturated rings. The largest absolute Gasteiger partial charge is 0.405 e. The number of unbranched alkanes of at least 4 members (excludes halogenated alkanes) is 1. The van der Waals surface area contributed by atoms with Gasteiger partial charge >= 0.3 is 0 Å². The second-order valence-corrected chi connectivity index (χ2v) is 6.13. The van der Waals surface area contributed by atoms with E-state index in [0.717, 1.165) is 18.5 Å². The zero-order valence-corrected chi connectivity index (χ0v) is 15.3. The molecule has 0 spiro atoms. The minimum absolute atomic E-state index is 0.247. The number of nitrogens with one attached hydrogen (secondary N) is 1. The number of aliphatic hydroxyl groups is 1. The fourth-order valence-corrected chi connectivity index (χ4v) is 2.77. The van der Waals surface area contributed by atoms with Crippen LogP contribution in [0.3, 0.4) is 0 Å². The van der Waals surface area contributed by atoms with E-state index in [1.807, 2.05) is 30.3 Å². The van der Waals surface area contributed by atoms with Crippen LogP contribution in [0.4, 0.5) is 0 Å². The maximum absolute atomic E-state index is 10.5. The van der Waals surface area contributed by atoms with Gasteiger partial charge in [0, 0.05) is 6.04 Å². The summed E-state index contributed by atoms with van der Waals surface area (Å²) < 4.78 is 0. The molecule has 0 aliphatic heterocycles.